The van der Waals surface area contributed by atoms with Crippen molar-refractivity contribution in [3.8, 4) is 0 Å². The maximum absolute atomic E-state index is 6.14. The summed E-state index contributed by atoms with van der Waals surface area (Å²) in [5.41, 5.74) is 4.47. The topological polar surface area (TPSA) is 0 Å². The lowest BCUT2D eigenvalue weighted by Crippen LogP contribution is -2.18. The van der Waals surface area contributed by atoms with Gasteiger partial charge in [0.1, 0.15) is 0 Å². The van der Waals surface area contributed by atoms with Crippen LogP contribution >= 0.6 is 11.6 Å². The van der Waals surface area contributed by atoms with Crippen LogP contribution in [0.5, 0.6) is 0 Å². The van der Waals surface area contributed by atoms with E-state index < -0.39 is 0 Å². The second kappa shape index (κ2) is 6.46. The van der Waals surface area contributed by atoms with Crippen LogP contribution in [0.1, 0.15) is 57.7 Å². The molecule has 0 amide bonds. The first-order valence-corrected chi connectivity index (χ1v) is 8.42. The summed E-state index contributed by atoms with van der Waals surface area (Å²) in [7, 11) is 0. The summed E-state index contributed by atoms with van der Waals surface area (Å²) in [6.45, 7) is 11.4. The Kier molecular flexibility index (Phi) is 5.02. The molecule has 0 saturated heterocycles. The summed E-state index contributed by atoms with van der Waals surface area (Å²) in [5.74, 6) is 0. The van der Waals surface area contributed by atoms with E-state index in [0.717, 1.165) is 17.9 Å². The average Bonchev–Trinajstić information content (AvgIpc) is 2.45. The molecule has 0 heterocycles. The van der Waals surface area contributed by atoms with Gasteiger partial charge in [-0.2, -0.15) is 0 Å². The molecule has 0 radical (unpaired) electrons. The Balaban J connectivity index is 2.12. The average molecular weight is 315 g/mol. The van der Waals surface area contributed by atoms with Gasteiger partial charge in [-0.25, -0.2) is 0 Å². The van der Waals surface area contributed by atoms with Gasteiger partial charge in [-0.3, -0.25) is 0 Å². The smallest absolute Gasteiger partial charge is 0.0408 e. The van der Waals surface area contributed by atoms with Crippen LogP contribution in [-0.4, -0.2) is 0 Å². The van der Waals surface area contributed by atoms with Crippen LogP contribution in [0.2, 0.25) is 5.02 Å². The van der Waals surface area contributed by atoms with Gasteiger partial charge in [0.2, 0.25) is 0 Å². The fraction of sp³-hybridized carbons (Fsp3) is 0.429. The van der Waals surface area contributed by atoms with Gasteiger partial charge >= 0.3 is 0 Å². The molecule has 0 aromatic heterocycles. The predicted octanol–water partition coefficient (Wildman–Crippen LogP) is 6.55. The monoisotopic (exact) mass is 314 g/mol. The van der Waals surface area contributed by atoms with Gasteiger partial charge in [0, 0.05) is 5.02 Å². The molecule has 2 aromatic carbocycles. The van der Waals surface area contributed by atoms with E-state index in [1.165, 1.54) is 16.7 Å². The lowest BCUT2D eigenvalue weighted by atomic mass is 9.79. The van der Waals surface area contributed by atoms with E-state index in [4.69, 9.17) is 11.6 Å². The lowest BCUT2D eigenvalue weighted by Gasteiger charge is -2.26. The molecule has 1 heteroatoms. The van der Waals surface area contributed by atoms with E-state index in [1.807, 2.05) is 12.1 Å². The standard InChI is InChI=1S/C21H27Cl/c1-20(2,3)17-9-6-8-16(14-17)12-13-21(4,5)18-10-7-11-19(22)15-18/h6-11,14-15H,12-13H2,1-5H3. The molecule has 0 bridgehead atoms. The molecule has 118 valence electrons. The zero-order valence-corrected chi connectivity index (χ0v) is 15.2. The second-order valence-electron chi connectivity index (χ2n) is 7.84. The van der Waals surface area contributed by atoms with Crippen LogP contribution in [-0.2, 0) is 17.3 Å². The SMILES string of the molecule is CC(C)(C)c1cccc(CCC(C)(C)c2cccc(Cl)c2)c1. The molecule has 0 atom stereocenters. The Labute approximate surface area is 140 Å². The number of halogens is 1. The first kappa shape index (κ1) is 17.1. The molecule has 0 unspecified atom stereocenters. The zero-order chi connectivity index (χ0) is 16.4. The van der Waals surface area contributed by atoms with Crippen molar-refractivity contribution in [1.29, 1.82) is 0 Å². The van der Waals surface area contributed by atoms with Crippen LogP contribution < -0.4 is 0 Å². The molecule has 2 aromatic rings. The molecule has 22 heavy (non-hydrogen) atoms. The minimum atomic E-state index is 0.128. The lowest BCUT2D eigenvalue weighted by molar-refractivity contribution is 0.479. The number of hydrogen-bond donors (Lipinski definition) is 0. The van der Waals surface area contributed by atoms with Gasteiger partial charge < -0.3 is 0 Å². The van der Waals surface area contributed by atoms with Gasteiger partial charge in [0.15, 0.2) is 0 Å². The zero-order valence-electron chi connectivity index (χ0n) is 14.4. The summed E-state index contributed by atoms with van der Waals surface area (Å²) < 4.78 is 0. The van der Waals surface area contributed by atoms with Crippen LogP contribution in [0.25, 0.3) is 0 Å². The van der Waals surface area contributed by atoms with E-state index >= 15 is 0 Å². The quantitative estimate of drug-likeness (QED) is 0.600. The highest BCUT2D eigenvalue weighted by Gasteiger charge is 2.21. The molecule has 0 aliphatic rings. The number of hydrogen-bond acceptors (Lipinski definition) is 0. The van der Waals surface area contributed by atoms with Crippen molar-refractivity contribution in [2.45, 2.75) is 58.3 Å². The fourth-order valence-electron chi connectivity index (χ4n) is 2.70. The fourth-order valence-corrected chi connectivity index (χ4v) is 2.89. The van der Waals surface area contributed by atoms with E-state index in [9.17, 15) is 0 Å². The highest BCUT2D eigenvalue weighted by molar-refractivity contribution is 6.30. The Morgan fingerprint density at radius 3 is 2.09 bits per heavy atom. The largest absolute Gasteiger partial charge is 0.0843 e. The predicted molar refractivity (Wildman–Crippen MR) is 97.9 cm³/mol. The van der Waals surface area contributed by atoms with E-state index in [-0.39, 0.29) is 10.8 Å². The van der Waals surface area contributed by atoms with E-state index in [2.05, 4.69) is 71.0 Å². The van der Waals surface area contributed by atoms with Crippen LogP contribution in [0.15, 0.2) is 48.5 Å². The number of aryl methyl sites for hydroxylation is 1. The maximum atomic E-state index is 6.14. The first-order valence-electron chi connectivity index (χ1n) is 8.04. The minimum absolute atomic E-state index is 0.128. The third-order valence-electron chi connectivity index (χ3n) is 4.44. The van der Waals surface area contributed by atoms with Gasteiger partial charge in [-0.1, -0.05) is 82.6 Å². The molecule has 0 saturated carbocycles. The van der Waals surface area contributed by atoms with Gasteiger partial charge in [0.25, 0.3) is 0 Å². The minimum Gasteiger partial charge on any atom is -0.0843 e. The van der Waals surface area contributed by atoms with Crippen molar-refractivity contribution in [2.75, 3.05) is 0 Å². The first-order chi connectivity index (χ1) is 10.2. The normalized spacial score (nSPS) is 12.5. The summed E-state index contributed by atoms with van der Waals surface area (Å²) in [6.07, 6.45) is 2.20. The molecule has 0 nitrogen and oxygen atoms in total. The Bertz CT molecular complexity index is 632. The summed E-state index contributed by atoms with van der Waals surface area (Å²) in [6, 6.07) is 17.3. The van der Waals surface area contributed by atoms with Crippen molar-refractivity contribution in [2.24, 2.45) is 0 Å². The Morgan fingerprint density at radius 2 is 1.45 bits per heavy atom. The van der Waals surface area contributed by atoms with Gasteiger partial charge in [0.05, 0.1) is 0 Å². The highest BCUT2D eigenvalue weighted by Crippen LogP contribution is 2.31. The summed E-state index contributed by atoms with van der Waals surface area (Å²) >= 11 is 6.14. The maximum Gasteiger partial charge on any atom is 0.0408 e. The molecular formula is C21H27Cl. The van der Waals surface area contributed by atoms with Crippen molar-refractivity contribution in [1.82, 2.24) is 0 Å². The van der Waals surface area contributed by atoms with E-state index in [0.29, 0.717) is 0 Å². The summed E-state index contributed by atoms with van der Waals surface area (Å²) in [5, 5.41) is 0.820. The van der Waals surface area contributed by atoms with Crippen molar-refractivity contribution in [3.63, 3.8) is 0 Å². The molecule has 0 N–H and O–H groups in total. The molecule has 0 spiro atoms. The summed E-state index contributed by atoms with van der Waals surface area (Å²) in [4.78, 5) is 0. The third kappa shape index (κ3) is 4.36. The molecule has 0 aliphatic carbocycles. The van der Waals surface area contributed by atoms with Gasteiger partial charge in [-0.15, -0.1) is 0 Å². The molecule has 0 fully saturated rings. The van der Waals surface area contributed by atoms with Crippen molar-refractivity contribution < 1.29 is 0 Å². The van der Waals surface area contributed by atoms with E-state index in [1.54, 1.807) is 0 Å². The Morgan fingerprint density at radius 1 is 0.818 bits per heavy atom. The Hall–Kier alpha value is -1.27. The number of rotatable bonds is 4. The van der Waals surface area contributed by atoms with Crippen molar-refractivity contribution >= 4 is 11.6 Å². The van der Waals surface area contributed by atoms with Crippen LogP contribution in [0.3, 0.4) is 0 Å². The van der Waals surface area contributed by atoms with Crippen LogP contribution in [0.4, 0.5) is 0 Å². The van der Waals surface area contributed by atoms with Crippen LogP contribution in [0, 0.1) is 0 Å². The van der Waals surface area contributed by atoms with Gasteiger partial charge in [-0.05, 0) is 52.5 Å². The number of benzene rings is 2. The molecule has 2 rings (SSSR count). The molecule has 0 aliphatic heterocycles. The molecular weight excluding hydrogens is 288 g/mol. The third-order valence-corrected chi connectivity index (χ3v) is 4.67. The van der Waals surface area contributed by atoms with Crippen molar-refractivity contribution in [3.05, 3.63) is 70.2 Å². The second-order valence-corrected chi connectivity index (χ2v) is 8.28. The highest BCUT2D eigenvalue weighted by atomic mass is 35.5.